The first-order valence-corrected chi connectivity index (χ1v) is 7.07. The molecule has 0 bridgehead atoms. The van der Waals surface area contributed by atoms with E-state index >= 15 is 0 Å². The highest BCUT2D eigenvalue weighted by Gasteiger charge is 2.40. The SMILES string of the molecule is COC(=O)C(C)(C)C(C1=CCCC=C1)c1ccccc1. The molecule has 0 N–H and O–H groups in total. The molecule has 0 aliphatic heterocycles. The Morgan fingerprint density at radius 1 is 1.20 bits per heavy atom. The van der Waals surface area contributed by atoms with Gasteiger partial charge in [-0.25, -0.2) is 0 Å². The van der Waals surface area contributed by atoms with Gasteiger partial charge in [0, 0.05) is 5.92 Å². The minimum atomic E-state index is -0.594. The molecule has 0 saturated carbocycles. The number of ether oxygens (including phenoxy) is 1. The third-order valence-corrected chi connectivity index (χ3v) is 3.92. The van der Waals surface area contributed by atoms with Crippen LogP contribution in [-0.2, 0) is 9.53 Å². The summed E-state index contributed by atoms with van der Waals surface area (Å²) in [7, 11) is 1.46. The number of allylic oxidation sites excluding steroid dienone is 4. The molecule has 1 atom stereocenters. The third-order valence-electron chi connectivity index (χ3n) is 3.92. The fourth-order valence-corrected chi connectivity index (χ4v) is 2.90. The Hall–Kier alpha value is -1.83. The molecule has 1 aliphatic carbocycles. The van der Waals surface area contributed by atoms with Crippen molar-refractivity contribution in [1.82, 2.24) is 0 Å². The van der Waals surface area contributed by atoms with Crippen molar-refractivity contribution >= 4 is 5.97 Å². The highest BCUT2D eigenvalue weighted by molar-refractivity contribution is 5.78. The minimum Gasteiger partial charge on any atom is -0.469 e. The molecule has 0 saturated heterocycles. The quantitative estimate of drug-likeness (QED) is 0.765. The lowest BCUT2D eigenvalue weighted by Crippen LogP contribution is -2.33. The van der Waals surface area contributed by atoms with E-state index < -0.39 is 5.41 Å². The number of hydrogen-bond acceptors (Lipinski definition) is 2. The molecule has 2 heteroatoms. The molecule has 1 unspecified atom stereocenters. The van der Waals surface area contributed by atoms with Crippen molar-refractivity contribution in [3.63, 3.8) is 0 Å². The van der Waals surface area contributed by atoms with Gasteiger partial charge in [-0.05, 0) is 37.8 Å². The maximum absolute atomic E-state index is 12.2. The highest BCUT2D eigenvalue weighted by atomic mass is 16.5. The Bertz CT molecular complexity index is 524. The molecule has 0 heterocycles. The zero-order valence-electron chi connectivity index (χ0n) is 12.4. The summed E-state index contributed by atoms with van der Waals surface area (Å²) >= 11 is 0. The maximum Gasteiger partial charge on any atom is 0.312 e. The van der Waals surface area contributed by atoms with Gasteiger partial charge in [0.25, 0.3) is 0 Å². The van der Waals surface area contributed by atoms with Crippen LogP contribution in [0.25, 0.3) is 0 Å². The van der Waals surface area contributed by atoms with Crippen molar-refractivity contribution in [2.24, 2.45) is 5.41 Å². The average Bonchev–Trinajstić information content (AvgIpc) is 2.48. The molecular weight excluding hydrogens is 248 g/mol. The molecule has 0 aromatic heterocycles. The third kappa shape index (κ3) is 2.84. The zero-order valence-corrected chi connectivity index (χ0v) is 12.4. The smallest absolute Gasteiger partial charge is 0.312 e. The van der Waals surface area contributed by atoms with E-state index in [1.165, 1.54) is 12.7 Å². The molecule has 0 spiro atoms. The van der Waals surface area contributed by atoms with Crippen LogP contribution in [0.4, 0.5) is 0 Å². The predicted molar refractivity (Wildman–Crippen MR) is 81.4 cm³/mol. The molecule has 0 fully saturated rings. The summed E-state index contributed by atoms with van der Waals surface area (Å²) in [5, 5.41) is 0. The van der Waals surface area contributed by atoms with Crippen molar-refractivity contribution < 1.29 is 9.53 Å². The second-order valence-electron chi connectivity index (χ2n) is 5.74. The normalized spacial score (nSPS) is 16.4. The van der Waals surface area contributed by atoms with Gasteiger partial charge in [-0.3, -0.25) is 4.79 Å². The first-order chi connectivity index (χ1) is 9.57. The van der Waals surface area contributed by atoms with Gasteiger partial charge < -0.3 is 4.74 Å². The first kappa shape index (κ1) is 14.6. The summed E-state index contributed by atoms with van der Waals surface area (Å²) < 4.78 is 5.02. The second kappa shape index (κ2) is 6.08. The van der Waals surface area contributed by atoms with E-state index in [2.05, 4.69) is 30.4 Å². The molecule has 0 radical (unpaired) electrons. The van der Waals surface area contributed by atoms with Gasteiger partial charge in [0.05, 0.1) is 12.5 Å². The van der Waals surface area contributed by atoms with Crippen LogP contribution in [0.2, 0.25) is 0 Å². The van der Waals surface area contributed by atoms with Crippen LogP contribution in [-0.4, -0.2) is 13.1 Å². The van der Waals surface area contributed by atoms with Crippen LogP contribution in [0.5, 0.6) is 0 Å². The van der Waals surface area contributed by atoms with Crippen LogP contribution in [0.15, 0.2) is 54.1 Å². The summed E-state index contributed by atoms with van der Waals surface area (Å²) in [6.45, 7) is 3.92. The van der Waals surface area contributed by atoms with Crippen LogP contribution in [0.3, 0.4) is 0 Å². The second-order valence-corrected chi connectivity index (χ2v) is 5.74. The van der Waals surface area contributed by atoms with E-state index in [1.807, 2.05) is 32.0 Å². The summed E-state index contributed by atoms with van der Waals surface area (Å²) in [5.41, 5.74) is 1.77. The Kier molecular flexibility index (Phi) is 4.43. The topological polar surface area (TPSA) is 26.3 Å². The van der Waals surface area contributed by atoms with Gasteiger partial charge in [0.2, 0.25) is 0 Å². The average molecular weight is 270 g/mol. The van der Waals surface area contributed by atoms with E-state index in [-0.39, 0.29) is 11.9 Å². The lowest BCUT2D eigenvalue weighted by atomic mass is 9.70. The van der Waals surface area contributed by atoms with Crippen LogP contribution >= 0.6 is 0 Å². The van der Waals surface area contributed by atoms with E-state index in [0.717, 1.165) is 18.4 Å². The predicted octanol–water partition coefficient (Wildman–Crippen LogP) is 4.25. The van der Waals surface area contributed by atoms with Crippen molar-refractivity contribution in [2.45, 2.75) is 32.6 Å². The zero-order chi connectivity index (χ0) is 14.6. The van der Waals surface area contributed by atoms with Crippen LogP contribution in [0, 0.1) is 5.41 Å². The van der Waals surface area contributed by atoms with Crippen molar-refractivity contribution in [1.29, 1.82) is 0 Å². The maximum atomic E-state index is 12.2. The molecule has 1 aromatic rings. The molecular formula is C18H22O2. The number of carbonyl (C=O) groups is 1. The summed E-state index contributed by atoms with van der Waals surface area (Å²) in [6, 6.07) is 10.2. The van der Waals surface area contributed by atoms with Gasteiger partial charge in [0.15, 0.2) is 0 Å². The molecule has 1 aliphatic rings. The molecule has 106 valence electrons. The van der Waals surface area contributed by atoms with E-state index in [0.29, 0.717) is 0 Å². The van der Waals surface area contributed by atoms with Gasteiger partial charge >= 0.3 is 5.97 Å². The Balaban J connectivity index is 2.47. The Morgan fingerprint density at radius 3 is 2.45 bits per heavy atom. The van der Waals surface area contributed by atoms with Gasteiger partial charge in [0.1, 0.15) is 0 Å². The van der Waals surface area contributed by atoms with E-state index in [1.54, 1.807) is 0 Å². The van der Waals surface area contributed by atoms with Crippen molar-refractivity contribution in [3.8, 4) is 0 Å². The Labute approximate surface area is 121 Å². The van der Waals surface area contributed by atoms with Gasteiger partial charge in [-0.15, -0.1) is 0 Å². The lowest BCUT2D eigenvalue weighted by molar-refractivity contribution is -0.151. The van der Waals surface area contributed by atoms with Gasteiger partial charge in [-0.2, -0.15) is 0 Å². The number of rotatable bonds is 4. The summed E-state index contributed by atoms with van der Waals surface area (Å²) in [5.74, 6) is -0.154. The number of hydrogen-bond donors (Lipinski definition) is 0. The van der Waals surface area contributed by atoms with Gasteiger partial charge in [-0.1, -0.05) is 48.6 Å². The van der Waals surface area contributed by atoms with Crippen LogP contribution in [0.1, 0.15) is 38.2 Å². The molecule has 20 heavy (non-hydrogen) atoms. The monoisotopic (exact) mass is 270 g/mol. The first-order valence-electron chi connectivity index (χ1n) is 7.07. The number of carbonyl (C=O) groups excluding carboxylic acids is 1. The standard InChI is InChI=1S/C18H22O2/c1-18(2,17(19)20-3)16(14-10-6-4-7-11-14)15-12-8-5-9-13-15/h4,6-8,10-13,16H,5,9H2,1-3H3. The van der Waals surface area contributed by atoms with E-state index in [9.17, 15) is 4.79 Å². The fourth-order valence-electron chi connectivity index (χ4n) is 2.90. The Morgan fingerprint density at radius 2 is 1.90 bits per heavy atom. The summed E-state index contributed by atoms with van der Waals surface area (Å²) in [6.07, 6.45) is 8.67. The molecule has 0 amide bonds. The number of esters is 1. The highest BCUT2D eigenvalue weighted by Crippen LogP contribution is 2.43. The molecule has 2 nitrogen and oxygen atoms in total. The molecule has 2 rings (SSSR count). The molecule has 1 aromatic carbocycles. The summed E-state index contributed by atoms with van der Waals surface area (Å²) in [4.78, 5) is 12.2. The van der Waals surface area contributed by atoms with Crippen LogP contribution < -0.4 is 0 Å². The largest absolute Gasteiger partial charge is 0.469 e. The van der Waals surface area contributed by atoms with Crippen molar-refractivity contribution in [3.05, 3.63) is 59.7 Å². The minimum absolute atomic E-state index is 0.0210. The number of benzene rings is 1. The van der Waals surface area contributed by atoms with E-state index in [4.69, 9.17) is 4.74 Å². The lowest BCUT2D eigenvalue weighted by Gasteiger charge is -2.34. The van der Waals surface area contributed by atoms with Crippen molar-refractivity contribution in [2.75, 3.05) is 7.11 Å². The fraction of sp³-hybridized carbons (Fsp3) is 0.389. The number of methoxy groups -OCH3 is 1.